The summed E-state index contributed by atoms with van der Waals surface area (Å²) in [6.07, 6.45) is -2.10. The fourth-order valence-electron chi connectivity index (χ4n) is 4.41. The Hall–Kier alpha value is -3.33. The van der Waals surface area contributed by atoms with Crippen LogP contribution in [-0.4, -0.2) is 55.9 Å². The number of benzene rings is 2. The maximum Gasteiger partial charge on any atom is 0.416 e. The third-order valence-corrected chi connectivity index (χ3v) is 6.24. The Kier molecular flexibility index (Phi) is 7.16. The number of cyclic esters (lactones) is 1. The molecular weight excluding hydrogens is 459 g/mol. The zero-order valence-electron chi connectivity index (χ0n) is 19.9. The van der Waals surface area contributed by atoms with Crippen molar-refractivity contribution < 1.29 is 27.4 Å². The second-order valence-corrected chi connectivity index (χ2v) is 8.84. The Morgan fingerprint density at radius 2 is 2.03 bits per heavy atom. The van der Waals surface area contributed by atoms with Crippen LogP contribution in [0.1, 0.15) is 23.1 Å². The molecule has 0 radical (unpaired) electrons. The Balaban J connectivity index is 1.33. The number of hydrogen-bond donors (Lipinski definition) is 0. The molecule has 2 aromatic carbocycles. The quantitative estimate of drug-likeness (QED) is 0.422. The molecule has 0 N–H and O–H groups in total. The SMILES string of the molecule is COc1cnc2cccc(CCCN(C)CC3CN(c4ccc(C)c(C(F)(F)F)c4)C(=O)O3)c2c1. The molecule has 186 valence electrons. The van der Waals surface area contributed by atoms with Crippen molar-refractivity contribution in [1.29, 1.82) is 0 Å². The third kappa shape index (κ3) is 5.67. The molecule has 1 fully saturated rings. The molecule has 1 amide bonds. The van der Waals surface area contributed by atoms with E-state index in [1.54, 1.807) is 13.3 Å². The number of amides is 1. The smallest absolute Gasteiger partial charge is 0.416 e. The Labute approximate surface area is 202 Å². The molecule has 0 bridgehead atoms. The van der Waals surface area contributed by atoms with E-state index in [0.717, 1.165) is 36.4 Å². The van der Waals surface area contributed by atoms with Gasteiger partial charge in [0.1, 0.15) is 11.9 Å². The topological polar surface area (TPSA) is 54.9 Å². The van der Waals surface area contributed by atoms with Crippen LogP contribution in [0.5, 0.6) is 5.75 Å². The predicted molar refractivity (Wildman–Crippen MR) is 128 cm³/mol. The summed E-state index contributed by atoms with van der Waals surface area (Å²) in [7, 11) is 3.56. The van der Waals surface area contributed by atoms with Crippen LogP contribution in [0.15, 0.2) is 48.7 Å². The van der Waals surface area contributed by atoms with Gasteiger partial charge < -0.3 is 14.4 Å². The van der Waals surface area contributed by atoms with Crippen molar-refractivity contribution in [3.05, 3.63) is 65.4 Å². The highest BCUT2D eigenvalue weighted by molar-refractivity contribution is 5.90. The number of nitrogens with zero attached hydrogens (tertiary/aromatic N) is 3. The maximum atomic E-state index is 13.3. The average molecular weight is 488 g/mol. The summed E-state index contributed by atoms with van der Waals surface area (Å²) in [4.78, 5) is 20.2. The predicted octanol–water partition coefficient (Wildman–Crippen LogP) is 5.46. The molecule has 1 aliphatic heterocycles. The molecule has 9 heteroatoms. The van der Waals surface area contributed by atoms with E-state index in [1.165, 1.54) is 29.5 Å². The van der Waals surface area contributed by atoms with Crippen molar-refractivity contribution in [3.8, 4) is 5.75 Å². The number of anilines is 1. The van der Waals surface area contributed by atoms with Gasteiger partial charge in [-0.25, -0.2) is 4.79 Å². The number of pyridine rings is 1. The summed E-state index contributed by atoms with van der Waals surface area (Å²) >= 11 is 0. The van der Waals surface area contributed by atoms with Crippen LogP contribution in [-0.2, 0) is 17.3 Å². The van der Waals surface area contributed by atoms with Crippen molar-refractivity contribution in [2.45, 2.75) is 32.0 Å². The molecule has 4 rings (SSSR count). The molecule has 6 nitrogen and oxygen atoms in total. The molecule has 2 heterocycles. The molecule has 1 saturated heterocycles. The van der Waals surface area contributed by atoms with Gasteiger partial charge in [-0.1, -0.05) is 18.2 Å². The number of methoxy groups -OCH3 is 1. The zero-order chi connectivity index (χ0) is 25.2. The highest BCUT2D eigenvalue weighted by Crippen LogP contribution is 2.35. The summed E-state index contributed by atoms with van der Waals surface area (Å²) < 4.78 is 50.6. The van der Waals surface area contributed by atoms with Crippen molar-refractivity contribution >= 4 is 22.7 Å². The van der Waals surface area contributed by atoms with Gasteiger partial charge in [-0.15, -0.1) is 0 Å². The number of likely N-dealkylation sites (N-methyl/N-ethyl adjacent to an activating group) is 1. The first-order valence-electron chi connectivity index (χ1n) is 11.4. The van der Waals surface area contributed by atoms with E-state index in [1.807, 2.05) is 25.2 Å². The first-order valence-corrected chi connectivity index (χ1v) is 11.4. The van der Waals surface area contributed by atoms with Crippen molar-refractivity contribution in [1.82, 2.24) is 9.88 Å². The Bertz CT molecular complexity index is 1220. The number of carbonyl (C=O) groups is 1. The molecule has 3 aromatic rings. The van der Waals surface area contributed by atoms with E-state index in [4.69, 9.17) is 9.47 Å². The highest BCUT2D eigenvalue weighted by atomic mass is 19.4. The van der Waals surface area contributed by atoms with Crippen LogP contribution in [0.25, 0.3) is 10.9 Å². The average Bonchev–Trinajstić information content (AvgIpc) is 3.18. The van der Waals surface area contributed by atoms with Gasteiger partial charge in [0.15, 0.2) is 0 Å². The number of halogens is 3. The molecular formula is C26H28F3N3O3. The van der Waals surface area contributed by atoms with E-state index in [0.29, 0.717) is 12.3 Å². The number of ether oxygens (including phenoxy) is 2. The lowest BCUT2D eigenvalue weighted by atomic mass is 10.0. The highest BCUT2D eigenvalue weighted by Gasteiger charge is 2.36. The number of aromatic nitrogens is 1. The van der Waals surface area contributed by atoms with Gasteiger partial charge in [0, 0.05) is 17.6 Å². The number of fused-ring (bicyclic) bond motifs is 1. The molecule has 0 spiro atoms. The molecule has 1 unspecified atom stereocenters. The minimum absolute atomic E-state index is 0.116. The summed E-state index contributed by atoms with van der Waals surface area (Å²) in [6.45, 7) is 2.87. The van der Waals surface area contributed by atoms with E-state index in [9.17, 15) is 18.0 Å². The van der Waals surface area contributed by atoms with Crippen LogP contribution in [0.3, 0.4) is 0 Å². The van der Waals surface area contributed by atoms with Crippen LogP contribution in [0, 0.1) is 6.92 Å². The van der Waals surface area contributed by atoms with E-state index >= 15 is 0 Å². The van der Waals surface area contributed by atoms with Gasteiger partial charge in [0.2, 0.25) is 0 Å². The lowest BCUT2D eigenvalue weighted by Gasteiger charge is -2.20. The van der Waals surface area contributed by atoms with Crippen LogP contribution >= 0.6 is 0 Å². The fourth-order valence-corrected chi connectivity index (χ4v) is 4.41. The molecule has 1 atom stereocenters. The van der Waals surface area contributed by atoms with Crippen molar-refractivity contribution in [3.63, 3.8) is 0 Å². The standard InChI is InChI=1S/C26H28F3N3O3/c1-17-9-10-19(12-23(17)26(27,28)29)32-16-21(35-25(32)33)15-31(2)11-5-7-18-6-4-8-24-22(18)13-20(34-3)14-30-24/h4,6,8-10,12-14,21H,5,7,11,15-16H2,1-3H3. The molecule has 1 aliphatic rings. The maximum absolute atomic E-state index is 13.3. The number of rotatable bonds is 8. The van der Waals surface area contributed by atoms with Gasteiger partial charge in [-0.05, 0) is 68.8 Å². The fraction of sp³-hybridized carbons (Fsp3) is 0.385. The monoisotopic (exact) mass is 487 g/mol. The molecule has 1 aromatic heterocycles. The minimum atomic E-state index is -4.48. The van der Waals surface area contributed by atoms with E-state index < -0.39 is 23.9 Å². The molecule has 0 aliphatic carbocycles. The largest absolute Gasteiger partial charge is 0.495 e. The first-order chi connectivity index (χ1) is 16.7. The number of aryl methyl sites for hydroxylation is 2. The van der Waals surface area contributed by atoms with Crippen LogP contribution in [0.2, 0.25) is 0 Å². The third-order valence-electron chi connectivity index (χ3n) is 6.24. The first kappa shape index (κ1) is 24.8. The van der Waals surface area contributed by atoms with Gasteiger partial charge in [-0.3, -0.25) is 9.88 Å². The van der Waals surface area contributed by atoms with E-state index in [-0.39, 0.29) is 17.8 Å². The summed E-state index contributed by atoms with van der Waals surface area (Å²) in [6, 6.07) is 11.9. The summed E-state index contributed by atoms with van der Waals surface area (Å²) in [5.41, 5.74) is 1.66. The second-order valence-electron chi connectivity index (χ2n) is 8.84. The van der Waals surface area contributed by atoms with Crippen molar-refractivity contribution in [2.75, 3.05) is 38.7 Å². The Morgan fingerprint density at radius 3 is 2.77 bits per heavy atom. The summed E-state index contributed by atoms with van der Waals surface area (Å²) in [5.74, 6) is 0.714. The Morgan fingerprint density at radius 1 is 1.23 bits per heavy atom. The molecule has 0 saturated carbocycles. The normalized spacial score (nSPS) is 16.3. The zero-order valence-corrected chi connectivity index (χ0v) is 19.9. The van der Waals surface area contributed by atoms with Gasteiger partial charge in [-0.2, -0.15) is 13.2 Å². The van der Waals surface area contributed by atoms with Crippen molar-refractivity contribution in [2.24, 2.45) is 0 Å². The molecule has 35 heavy (non-hydrogen) atoms. The lowest BCUT2D eigenvalue weighted by Crippen LogP contribution is -2.33. The van der Waals surface area contributed by atoms with Gasteiger partial charge in [0.25, 0.3) is 0 Å². The van der Waals surface area contributed by atoms with Crippen LogP contribution < -0.4 is 9.64 Å². The van der Waals surface area contributed by atoms with Crippen LogP contribution in [0.4, 0.5) is 23.7 Å². The minimum Gasteiger partial charge on any atom is -0.495 e. The van der Waals surface area contributed by atoms with Gasteiger partial charge >= 0.3 is 12.3 Å². The lowest BCUT2D eigenvalue weighted by molar-refractivity contribution is -0.138. The van der Waals surface area contributed by atoms with Gasteiger partial charge in [0.05, 0.1) is 30.9 Å². The summed E-state index contributed by atoms with van der Waals surface area (Å²) in [5, 5.41) is 1.06. The second kappa shape index (κ2) is 10.1. The number of alkyl halides is 3. The number of hydrogen-bond acceptors (Lipinski definition) is 5. The van der Waals surface area contributed by atoms with E-state index in [2.05, 4.69) is 16.0 Å². The number of carbonyl (C=O) groups excluding carboxylic acids is 1.